The summed E-state index contributed by atoms with van der Waals surface area (Å²) in [7, 11) is 0. The summed E-state index contributed by atoms with van der Waals surface area (Å²) in [6.45, 7) is 20.7. The van der Waals surface area contributed by atoms with E-state index in [0.717, 1.165) is 0 Å². The van der Waals surface area contributed by atoms with Crippen LogP contribution in [0, 0.1) is 21.7 Å². The molecule has 0 aromatic heterocycles. The zero-order valence-corrected chi connectivity index (χ0v) is 29.0. The Kier molecular flexibility index (Phi) is 8.85. The quantitative estimate of drug-likeness (QED) is 0.224. The normalized spacial score (nSPS) is 20.0. The molecule has 0 saturated carbocycles. The Morgan fingerprint density at radius 3 is 1.80 bits per heavy atom. The zero-order chi connectivity index (χ0) is 34.8. The van der Waals surface area contributed by atoms with Crippen LogP contribution >= 0.6 is 0 Å². The van der Waals surface area contributed by atoms with Gasteiger partial charge in [-0.2, -0.15) is 0 Å². The fourth-order valence-electron chi connectivity index (χ4n) is 4.88. The molecule has 10 nitrogen and oxygen atoms in total. The number of ether oxygens (including phenoxy) is 5. The molecule has 2 aromatic rings. The average molecular weight is 641 g/mol. The van der Waals surface area contributed by atoms with Gasteiger partial charge in [0, 0.05) is 23.3 Å². The van der Waals surface area contributed by atoms with Gasteiger partial charge in [0.2, 0.25) is 12.0 Å². The Morgan fingerprint density at radius 2 is 1.28 bits per heavy atom. The molecule has 252 valence electrons. The minimum atomic E-state index is -1.42. The fourth-order valence-corrected chi connectivity index (χ4v) is 4.88. The molecule has 0 saturated heterocycles. The third-order valence-corrected chi connectivity index (χ3v) is 7.85. The number of aliphatic hydroxyl groups excluding tert-OH is 1. The number of hydrogen-bond acceptors (Lipinski definition) is 10. The molecule has 0 spiro atoms. The van der Waals surface area contributed by atoms with E-state index in [9.17, 15) is 24.6 Å². The fraction of sp³-hybridized carbons (Fsp3) is 0.583. The third kappa shape index (κ3) is 7.03. The number of rotatable bonds is 5. The second-order valence-electron chi connectivity index (χ2n) is 16.6. The summed E-state index contributed by atoms with van der Waals surface area (Å²) in [5.41, 5.74) is -2.77. The minimum absolute atomic E-state index is 0.0155. The van der Waals surface area contributed by atoms with Gasteiger partial charge >= 0.3 is 17.9 Å². The highest BCUT2D eigenvalue weighted by molar-refractivity contribution is 5.83. The van der Waals surface area contributed by atoms with Crippen molar-refractivity contribution < 1.29 is 48.3 Å². The molecule has 1 aliphatic heterocycles. The smallest absolute Gasteiger partial charge is 0.316 e. The molecule has 2 aliphatic rings. The highest BCUT2D eigenvalue weighted by Crippen LogP contribution is 2.57. The molecule has 2 N–H and O–H groups in total. The SMILES string of the molecule is CC(C)(C)C(=O)Oc1cc2c(cc1OC(O)C(C)(C)C)[C@@H]1c3ccc(OC(=O)C(C)(C)C)c(OC(=O)C(C)(C)C)c3OC[C@]1(O)C2. The standard InChI is InChI=1S/C36H48O10/c1-32(2,3)28(37)43-22-14-13-20-25-21-16-24(45-30(39)34(7,8)9)23(44-29(38)33(4,5)6)15-19(21)17-36(25,41)18-42-26(20)27(22)46-31(40)35(10,11)12/h13-16,25,30,39,41H,17-18H2,1-12H3/t25-,30?,36+/m0/s1. The van der Waals surface area contributed by atoms with Gasteiger partial charge in [0.1, 0.15) is 12.2 Å². The van der Waals surface area contributed by atoms with E-state index in [1.165, 1.54) is 6.07 Å². The Balaban J connectivity index is 1.89. The van der Waals surface area contributed by atoms with Gasteiger partial charge in [0.15, 0.2) is 23.0 Å². The second-order valence-corrected chi connectivity index (χ2v) is 16.6. The predicted octanol–water partition coefficient (Wildman–Crippen LogP) is 6.10. The van der Waals surface area contributed by atoms with Crippen molar-refractivity contribution in [2.24, 2.45) is 21.7 Å². The molecule has 0 bridgehead atoms. The minimum Gasteiger partial charge on any atom is -0.486 e. The summed E-state index contributed by atoms with van der Waals surface area (Å²) in [5, 5.41) is 22.9. The summed E-state index contributed by atoms with van der Waals surface area (Å²) in [6.07, 6.45) is -1.09. The zero-order valence-electron chi connectivity index (χ0n) is 29.0. The van der Waals surface area contributed by atoms with Gasteiger partial charge in [-0.15, -0.1) is 0 Å². The van der Waals surface area contributed by atoms with E-state index in [1.54, 1.807) is 80.5 Å². The Labute approximate surface area is 271 Å². The van der Waals surface area contributed by atoms with E-state index >= 15 is 0 Å². The van der Waals surface area contributed by atoms with Crippen molar-refractivity contribution in [3.63, 3.8) is 0 Å². The molecule has 2 aromatic carbocycles. The first kappa shape index (κ1) is 35.2. The van der Waals surface area contributed by atoms with E-state index in [-0.39, 0.29) is 41.8 Å². The van der Waals surface area contributed by atoms with Crippen molar-refractivity contribution in [2.45, 2.75) is 107 Å². The maximum Gasteiger partial charge on any atom is 0.316 e. The number of fused-ring (bicyclic) bond motifs is 5. The van der Waals surface area contributed by atoms with E-state index in [1.807, 2.05) is 20.8 Å². The Bertz CT molecular complexity index is 1540. The van der Waals surface area contributed by atoms with E-state index in [0.29, 0.717) is 16.7 Å². The van der Waals surface area contributed by atoms with Gasteiger partial charge in [-0.05, 0) is 91.6 Å². The lowest BCUT2D eigenvalue weighted by Gasteiger charge is -2.37. The first-order chi connectivity index (χ1) is 20.8. The molecular formula is C36H48O10. The molecule has 3 atom stereocenters. The van der Waals surface area contributed by atoms with Crippen LogP contribution in [0.3, 0.4) is 0 Å². The van der Waals surface area contributed by atoms with Gasteiger partial charge in [-0.3, -0.25) is 14.4 Å². The topological polar surface area (TPSA) is 138 Å². The molecule has 10 heteroatoms. The molecule has 4 rings (SSSR count). The predicted molar refractivity (Wildman–Crippen MR) is 170 cm³/mol. The van der Waals surface area contributed by atoms with E-state index in [4.69, 9.17) is 23.7 Å². The van der Waals surface area contributed by atoms with Crippen LogP contribution < -0.4 is 23.7 Å². The summed E-state index contributed by atoms with van der Waals surface area (Å²) < 4.78 is 29.5. The van der Waals surface area contributed by atoms with Gasteiger partial charge < -0.3 is 33.9 Å². The molecular weight excluding hydrogens is 592 g/mol. The van der Waals surface area contributed by atoms with E-state index in [2.05, 4.69) is 0 Å². The van der Waals surface area contributed by atoms with Crippen LogP contribution in [-0.4, -0.2) is 46.6 Å². The van der Waals surface area contributed by atoms with Crippen molar-refractivity contribution in [1.82, 2.24) is 0 Å². The molecule has 1 unspecified atom stereocenters. The van der Waals surface area contributed by atoms with Crippen LogP contribution in [-0.2, 0) is 20.8 Å². The lowest BCUT2D eigenvalue weighted by atomic mass is 9.80. The maximum atomic E-state index is 13.1. The molecule has 1 aliphatic carbocycles. The van der Waals surface area contributed by atoms with Crippen molar-refractivity contribution in [3.05, 3.63) is 41.0 Å². The lowest BCUT2D eigenvalue weighted by molar-refractivity contribution is -0.146. The van der Waals surface area contributed by atoms with Crippen molar-refractivity contribution in [2.75, 3.05) is 6.61 Å². The highest BCUT2D eigenvalue weighted by Gasteiger charge is 2.52. The van der Waals surface area contributed by atoms with Crippen LogP contribution in [0.15, 0.2) is 24.3 Å². The van der Waals surface area contributed by atoms with Crippen molar-refractivity contribution in [3.8, 4) is 28.7 Å². The summed E-state index contributed by atoms with van der Waals surface area (Å²) in [4.78, 5) is 38.9. The van der Waals surface area contributed by atoms with Crippen LogP contribution in [0.4, 0.5) is 0 Å². The van der Waals surface area contributed by atoms with E-state index < -0.39 is 57.4 Å². The van der Waals surface area contributed by atoms with Gasteiger partial charge in [0.25, 0.3) is 0 Å². The van der Waals surface area contributed by atoms with Crippen LogP contribution in [0.1, 0.15) is 106 Å². The number of carbonyl (C=O) groups is 3. The Hall–Kier alpha value is -3.63. The largest absolute Gasteiger partial charge is 0.486 e. The van der Waals surface area contributed by atoms with Gasteiger partial charge in [0.05, 0.1) is 16.2 Å². The first-order valence-electron chi connectivity index (χ1n) is 15.5. The number of esters is 3. The maximum absolute atomic E-state index is 13.1. The van der Waals surface area contributed by atoms with Crippen LogP contribution in [0.25, 0.3) is 0 Å². The molecule has 0 fully saturated rings. The van der Waals surface area contributed by atoms with Crippen molar-refractivity contribution in [1.29, 1.82) is 0 Å². The number of benzene rings is 2. The van der Waals surface area contributed by atoms with Crippen LogP contribution in [0.5, 0.6) is 28.7 Å². The van der Waals surface area contributed by atoms with Gasteiger partial charge in [-0.25, -0.2) is 0 Å². The molecule has 0 radical (unpaired) electrons. The summed E-state index contributed by atoms with van der Waals surface area (Å²) in [5.74, 6) is -1.90. The molecule has 0 amide bonds. The second kappa shape index (κ2) is 11.6. The lowest BCUT2D eigenvalue weighted by Crippen LogP contribution is -2.44. The van der Waals surface area contributed by atoms with Crippen molar-refractivity contribution >= 4 is 17.9 Å². The number of hydrogen-bond donors (Lipinski definition) is 2. The monoisotopic (exact) mass is 640 g/mol. The van der Waals surface area contributed by atoms with Crippen LogP contribution in [0.2, 0.25) is 0 Å². The number of aliphatic hydroxyl groups is 2. The first-order valence-corrected chi connectivity index (χ1v) is 15.5. The summed E-state index contributed by atoms with van der Waals surface area (Å²) in [6, 6.07) is 6.53. The highest BCUT2D eigenvalue weighted by atomic mass is 16.6. The molecule has 1 heterocycles. The number of carbonyl (C=O) groups excluding carboxylic acids is 3. The summed E-state index contributed by atoms with van der Waals surface area (Å²) >= 11 is 0. The Morgan fingerprint density at radius 1 is 0.761 bits per heavy atom. The molecule has 46 heavy (non-hydrogen) atoms. The van der Waals surface area contributed by atoms with Gasteiger partial charge in [-0.1, -0.05) is 26.8 Å². The average Bonchev–Trinajstić information content (AvgIpc) is 3.18. The third-order valence-electron chi connectivity index (χ3n) is 7.85.